The molecule has 0 bridgehead atoms. The van der Waals surface area contributed by atoms with Gasteiger partial charge in [-0.1, -0.05) is 12.1 Å². The lowest BCUT2D eigenvalue weighted by Gasteiger charge is -2.08. The Morgan fingerprint density at radius 2 is 2.00 bits per heavy atom. The number of rotatable bonds is 1. The summed E-state index contributed by atoms with van der Waals surface area (Å²) >= 11 is 0. The Morgan fingerprint density at radius 3 is 2.79 bits per heavy atom. The molecule has 2 aromatic heterocycles. The molecule has 1 aromatic carbocycles. The van der Waals surface area contributed by atoms with E-state index in [9.17, 15) is 9.90 Å². The van der Waals surface area contributed by atoms with E-state index >= 15 is 0 Å². The number of benzene rings is 1. The third-order valence-corrected chi connectivity index (χ3v) is 2.91. The highest BCUT2D eigenvalue weighted by Gasteiger charge is 2.08. The van der Waals surface area contributed by atoms with Crippen molar-refractivity contribution in [3.8, 4) is 11.4 Å². The SMILES string of the molecule is Cc1ncc2c(=O)n(-c3ccccc3O)ccc2n1. The monoisotopic (exact) mass is 253 g/mol. The normalized spacial score (nSPS) is 10.8. The molecule has 3 rings (SSSR count). The van der Waals surface area contributed by atoms with Crippen LogP contribution in [0.3, 0.4) is 0 Å². The number of phenols is 1. The summed E-state index contributed by atoms with van der Waals surface area (Å²) in [5.74, 6) is 0.671. The van der Waals surface area contributed by atoms with Crippen molar-refractivity contribution in [2.45, 2.75) is 6.92 Å². The zero-order valence-electron chi connectivity index (χ0n) is 10.2. The van der Waals surface area contributed by atoms with Gasteiger partial charge in [-0.05, 0) is 25.1 Å². The molecule has 94 valence electrons. The topological polar surface area (TPSA) is 68.0 Å². The van der Waals surface area contributed by atoms with E-state index in [1.54, 1.807) is 37.4 Å². The molecule has 5 nitrogen and oxygen atoms in total. The van der Waals surface area contributed by atoms with E-state index in [2.05, 4.69) is 9.97 Å². The number of aromatic nitrogens is 3. The van der Waals surface area contributed by atoms with Gasteiger partial charge >= 0.3 is 0 Å². The van der Waals surface area contributed by atoms with Crippen LogP contribution in [0.2, 0.25) is 0 Å². The summed E-state index contributed by atoms with van der Waals surface area (Å²) in [6, 6.07) is 8.42. The van der Waals surface area contributed by atoms with Crippen LogP contribution in [-0.2, 0) is 0 Å². The van der Waals surface area contributed by atoms with Crippen LogP contribution in [0.4, 0.5) is 0 Å². The molecular weight excluding hydrogens is 242 g/mol. The average molecular weight is 253 g/mol. The van der Waals surface area contributed by atoms with Crippen molar-refractivity contribution in [2.75, 3.05) is 0 Å². The molecular formula is C14H11N3O2. The van der Waals surface area contributed by atoms with Gasteiger partial charge in [0.25, 0.3) is 5.56 Å². The predicted molar refractivity (Wildman–Crippen MR) is 71.5 cm³/mol. The van der Waals surface area contributed by atoms with Gasteiger partial charge < -0.3 is 5.11 Å². The summed E-state index contributed by atoms with van der Waals surface area (Å²) in [4.78, 5) is 20.6. The van der Waals surface area contributed by atoms with Crippen molar-refractivity contribution in [3.05, 3.63) is 58.9 Å². The highest BCUT2D eigenvalue weighted by Crippen LogP contribution is 2.19. The lowest BCUT2D eigenvalue weighted by atomic mass is 10.2. The molecule has 0 atom stereocenters. The summed E-state index contributed by atoms with van der Waals surface area (Å²) in [6.45, 7) is 1.77. The van der Waals surface area contributed by atoms with E-state index < -0.39 is 0 Å². The summed E-state index contributed by atoms with van der Waals surface area (Å²) < 4.78 is 1.39. The van der Waals surface area contributed by atoms with Crippen molar-refractivity contribution in [2.24, 2.45) is 0 Å². The van der Waals surface area contributed by atoms with Crippen LogP contribution in [0, 0.1) is 6.92 Å². The van der Waals surface area contributed by atoms with Gasteiger partial charge in [0.05, 0.1) is 16.6 Å². The van der Waals surface area contributed by atoms with Crippen LogP contribution in [-0.4, -0.2) is 19.6 Å². The number of para-hydroxylation sites is 2. The molecule has 0 aliphatic rings. The Labute approximate surface area is 108 Å². The Morgan fingerprint density at radius 1 is 1.21 bits per heavy atom. The molecule has 5 heteroatoms. The smallest absolute Gasteiger partial charge is 0.266 e. The molecule has 1 N–H and O–H groups in total. The van der Waals surface area contributed by atoms with E-state index in [1.165, 1.54) is 16.8 Å². The van der Waals surface area contributed by atoms with Crippen molar-refractivity contribution in [3.63, 3.8) is 0 Å². The molecule has 19 heavy (non-hydrogen) atoms. The van der Waals surface area contributed by atoms with Crippen molar-refractivity contribution >= 4 is 10.9 Å². The van der Waals surface area contributed by atoms with Crippen LogP contribution < -0.4 is 5.56 Å². The molecule has 3 aromatic rings. The predicted octanol–water partition coefficient (Wildman–Crippen LogP) is 1.79. The van der Waals surface area contributed by atoms with E-state index in [1.807, 2.05) is 0 Å². The fourth-order valence-electron chi connectivity index (χ4n) is 1.98. The van der Waals surface area contributed by atoms with Crippen LogP contribution in [0.1, 0.15) is 5.82 Å². The van der Waals surface area contributed by atoms with Crippen LogP contribution >= 0.6 is 0 Å². The van der Waals surface area contributed by atoms with Gasteiger partial charge in [0.1, 0.15) is 11.6 Å². The third kappa shape index (κ3) is 1.85. The minimum Gasteiger partial charge on any atom is -0.506 e. The number of hydrogen-bond acceptors (Lipinski definition) is 4. The van der Waals surface area contributed by atoms with Gasteiger partial charge in [0, 0.05) is 12.4 Å². The van der Waals surface area contributed by atoms with Crippen molar-refractivity contribution in [1.29, 1.82) is 0 Å². The van der Waals surface area contributed by atoms with E-state index in [4.69, 9.17) is 0 Å². The summed E-state index contributed by atoms with van der Waals surface area (Å²) in [5.41, 5.74) is 0.790. The highest BCUT2D eigenvalue weighted by molar-refractivity contribution is 5.76. The maximum Gasteiger partial charge on any atom is 0.266 e. The third-order valence-electron chi connectivity index (χ3n) is 2.91. The molecule has 0 radical (unpaired) electrons. The van der Waals surface area contributed by atoms with Crippen LogP contribution in [0.15, 0.2) is 47.5 Å². The fraction of sp³-hybridized carbons (Fsp3) is 0.0714. The molecule has 0 spiro atoms. The molecule has 2 heterocycles. The largest absolute Gasteiger partial charge is 0.506 e. The lowest BCUT2D eigenvalue weighted by molar-refractivity contribution is 0.472. The Balaban J connectivity index is 2.33. The molecule has 0 aliphatic carbocycles. The summed E-state index contributed by atoms with van der Waals surface area (Å²) in [6.07, 6.45) is 3.11. The van der Waals surface area contributed by atoms with Crippen molar-refractivity contribution < 1.29 is 5.11 Å². The number of aromatic hydroxyl groups is 1. The molecule has 0 amide bonds. The maximum atomic E-state index is 12.4. The van der Waals surface area contributed by atoms with Gasteiger partial charge in [0.2, 0.25) is 0 Å². The molecule has 0 saturated heterocycles. The van der Waals surface area contributed by atoms with Gasteiger partial charge in [-0.25, -0.2) is 9.97 Å². The minimum absolute atomic E-state index is 0.0528. The Hall–Kier alpha value is -2.69. The number of fused-ring (bicyclic) bond motifs is 1. The van der Waals surface area contributed by atoms with E-state index in [-0.39, 0.29) is 11.3 Å². The van der Waals surface area contributed by atoms with Gasteiger partial charge in [-0.3, -0.25) is 9.36 Å². The highest BCUT2D eigenvalue weighted by atomic mass is 16.3. The van der Waals surface area contributed by atoms with E-state index in [0.717, 1.165) is 0 Å². The van der Waals surface area contributed by atoms with Gasteiger partial charge in [-0.2, -0.15) is 0 Å². The zero-order chi connectivity index (χ0) is 13.4. The van der Waals surface area contributed by atoms with Gasteiger partial charge in [0.15, 0.2) is 0 Å². The van der Waals surface area contributed by atoms with Gasteiger partial charge in [-0.15, -0.1) is 0 Å². The summed E-state index contributed by atoms with van der Waals surface area (Å²) in [7, 11) is 0. The standard InChI is InChI=1S/C14H11N3O2/c1-9-15-8-10-11(16-9)6-7-17(14(10)19)12-4-2-3-5-13(12)18/h2-8,18H,1H3. The number of pyridine rings is 1. The second-order valence-corrected chi connectivity index (χ2v) is 4.20. The minimum atomic E-state index is -0.251. The lowest BCUT2D eigenvalue weighted by Crippen LogP contribution is -2.18. The summed E-state index contributed by atoms with van der Waals surface area (Å²) in [5, 5.41) is 10.2. The molecule has 0 fully saturated rings. The number of hydrogen-bond donors (Lipinski definition) is 1. The first-order chi connectivity index (χ1) is 9.16. The van der Waals surface area contributed by atoms with E-state index in [0.29, 0.717) is 22.4 Å². The van der Waals surface area contributed by atoms with Crippen molar-refractivity contribution in [1.82, 2.24) is 14.5 Å². The Kier molecular flexibility index (Phi) is 2.52. The number of phenolic OH excluding ortho intramolecular Hbond substituents is 1. The second-order valence-electron chi connectivity index (χ2n) is 4.20. The van der Waals surface area contributed by atoms with Crippen LogP contribution in [0.25, 0.3) is 16.6 Å². The fourth-order valence-corrected chi connectivity index (χ4v) is 1.98. The quantitative estimate of drug-likeness (QED) is 0.718. The first-order valence-electron chi connectivity index (χ1n) is 5.80. The molecule has 0 unspecified atom stereocenters. The maximum absolute atomic E-state index is 12.4. The van der Waals surface area contributed by atoms with Crippen LogP contribution in [0.5, 0.6) is 5.75 Å². The Bertz CT molecular complexity index is 824. The molecule has 0 aliphatic heterocycles. The second kappa shape index (κ2) is 4.20. The number of nitrogens with zero attached hydrogens (tertiary/aromatic N) is 3. The first-order valence-corrected chi connectivity index (χ1v) is 5.80. The number of aryl methyl sites for hydroxylation is 1. The average Bonchev–Trinajstić information content (AvgIpc) is 2.40. The first kappa shape index (κ1) is 11.4. The molecule has 0 saturated carbocycles. The zero-order valence-corrected chi connectivity index (χ0v) is 10.2.